The summed E-state index contributed by atoms with van der Waals surface area (Å²) in [7, 11) is 0. The van der Waals surface area contributed by atoms with E-state index in [0.717, 1.165) is 19.3 Å². The van der Waals surface area contributed by atoms with E-state index < -0.39 is 11.9 Å². The van der Waals surface area contributed by atoms with Gasteiger partial charge in [0, 0.05) is 39.0 Å². The first-order valence-corrected chi connectivity index (χ1v) is 4.56. The van der Waals surface area contributed by atoms with E-state index in [4.69, 9.17) is 10.2 Å². The summed E-state index contributed by atoms with van der Waals surface area (Å²) in [4.78, 5) is 20.2. The van der Waals surface area contributed by atoms with E-state index in [1.54, 1.807) is 0 Å². The number of hydrogen-bond donors (Lipinski definition) is 2. The molecular formula is C9H16BiO4. The standard InChI is InChI=1S/C9H16O4.Bi/c10-8(11)6-4-2-1-3-5-7-9(12)13;/h1-7H2,(H,10,11)(H,12,13);. The van der Waals surface area contributed by atoms with Crippen molar-refractivity contribution in [2.75, 3.05) is 0 Å². The Balaban J connectivity index is 0. The minimum atomic E-state index is -0.759. The Morgan fingerprint density at radius 1 is 0.714 bits per heavy atom. The van der Waals surface area contributed by atoms with E-state index in [1.807, 2.05) is 0 Å². The Hall–Kier alpha value is -0.177. The molecule has 0 rings (SSSR count). The molecule has 0 aromatic heterocycles. The van der Waals surface area contributed by atoms with Crippen LogP contribution in [-0.2, 0) is 9.59 Å². The molecule has 0 heterocycles. The molecule has 0 atom stereocenters. The molecule has 0 unspecified atom stereocenters. The summed E-state index contributed by atoms with van der Waals surface area (Å²) in [5.41, 5.74) is 0. The van der Waals surface area contributed by atoms with Crippen LogP contribution in [0.1, 0.15) is 44.9 Å². The maximum Gasteiger partial charge on any atom is 0.303 e. The van der Waals surface area contributed by atoms with Gasteiger partial charge < -0.3 is 10.2 Å². The second-order valence-electron chi connectivity index (χ2n) is 3.06. The first-order chi connectivity index (χ1) is 6.13. The maximum absolute atomic E-state index is 10.1. The molecule has 14 heavy (non-hydrogen) atoms. The molecule has 5 heteroatoms. The van der Waals surface area contributed by atoms with Crippen molar-refractivity contribution in [1.82, 2.24) is 0 Å². The Morgan fingerprint density at radius 2 is 1.00 bits per heavy atom. The molecular weight excluding hydrogens is 381 g/mol. The van der Waals surface area contributed by atoms with Crippen molar-refractivity contribution in [3.8, 4) is 0 Å². The summed E-state index contributed by atoms with van der Waals surface area (Å²) in [5.74, 6) is -1.52. The van der Waals surface area contributed by atoms with Crippen molar-refractivity contribution < 1.29 is 19.8 Å². The molecule has 0 bridgehead atoms. The normalized spacial score (nSPS) is 9.14. The first kappa shape index (κ1) is 16.3. The molecule has 0 aliphatic carbocycles. The second-order valence-corrected chi connectivity index (χ2v) is 3.06. The van der Waals surface area contributed by atoms with Crippen LogP contribution in [0.2, 0.25) is 0 Å². The molecule has 0 fully saturated rings. The zero-order chi connectivity index (χ0) is 10.1. The molecule has 0 aliphatic rings. The Bertz CT molecular complexity index is 152. The molecule has 0 aromatic rings. The van der Waals surface area contributed by atoms with Gasteiger partial charge in [-0.05, 0) is 12.8 Å². The van der Waals surface area contributed by atoms with Crippen LogP contribution in [0.5, 0.6) is 0 Å². The van der Waals surface area contributed by atoms with Gasteiger partial charge in [0.15, 0.2) is 0 Å². The monoisotopic (exact) mass is 397 g/mol. The van der Waals surface area contributed by atoms with Crippen LogP contribution in [0.25, 0.3) is 0 Å². The first-order valence-electron chi connectivity index (χ1n) is 4.56. The predicted octanol–water partition coefficient (Wildman–Crippen LogP) is 1.51. The topological polar surface area (TPSA) is 74.6 Å². The minimum Gasteiger partial charge on any atom is -0.481 e. The van der Waals surface area contributed by atoms with E-state index in [1.165, 1.54) is 0 Å². The fourth-order valence-electron chi connectivity index (χ4n) is 1.08. The molecule has 0 saturated carbocycles. The summed E-state index contributed by atoms with van der Waals surface area (Å²) >= 11 is 0. The van der Waals surface area contributed by atoms with Crippen molar-refractivity contribution in [2.24, 2.45) is 0 Å². The van der Waals surface area contributed by atoms with Gasteiger partial charge in [-0.15, -0.1) is 0 Å². The molecule has 0 aliphatic heterocycles. The number of hydrogen-bond acceptors (Lipinski definition) is 2. The number of carboxylic acid groups (broad SMARTS) is 2. The molecule has 0 saturated heterocycles. The molecule has 0 aromatic carbocycles. The third-order valence-corrected chi connectivity index (χ3v) is 1.78. The number of aliphatic carboxylic acids is 2. The molecule has 0 amide bonds. The van der Waals surface area contributed by atoms with Crippen LogP contribution >= 0.6 is 0 Å². The quantitative estimate of drug-likeness (QED) is 0.481. The zero-order valence-corrected chi connectivity index (χ0v) is 11.6. The van der Waals surface area contributed by atoms with Crippen molar-refractivity contribution in [1.29, 1.82) is 0 Å². The molecule has 3 radical (unpaired) electrons. The van der Waals surface area contributed by atoms with Gasteiger partial charge in [-0.1, -0.05) is 19.3 Å². The largest absolute Gasteiger partial charge is 0.481 e. The van der Waals surface area contributed by atoms with E-state index >= 15 is 0 Å². The number of unbranched alkanes of at least 4 members (excludes halogenated alkanes) is 4. The van der Waals surface area contributed by atoms with Crippen molar-refractivity contribution in [2.45, 2.75) is 44.9 Å². The average Bonchev–Trinajstić information content (AvgIpc) is 2.01. The van der Waals surface area contributed by atoms with E-state index in [0.29, 0.717) is 12.8 Å². The third kappa shape index (κ3) is 14.4. The molecule has 81 valence electrons. The van der Waals surface area contributed by atoms with E-state index in [2.05, 4.69) is 0 Å². The van der Waals surface area contributed by atoms with Crippen LogP contribution in [0.3, 0.4) is 0 Å². The molecule has 2 N–H and O–H groups in total. The number of carboxylic acids is 2. The van der Waals surface area contributed by atoms with E-state index in [-0.39, 0.29) is 39.0 Å². The van der Waals surface area contributed by atoms with Gasteiger partial charge in [0.25, 0.3) is 0 Å². The van der Waals surface area contributed by atoms with Gasteiger partial charge >= 0.3 is 11.9 Å². The third-order valence-electron chi connectivity index (χ3n) is 1.78. The van der Waals surface area contributed by atoms with Gasteiger partial charge in [-0.2, -0.15) is 0 Å². The van der Waals surface area contributed by atoms with Crippen LogP contribution in [0, 0.1) is 0 Å². The van der Waals surface area contributed by atoms with Gasteiger partial charge in [-0.25, -0.2) is 0 Å². The molecule has 0 spiro atoms. The summed E-state index contributed by atoms with van der Waals surface area (Å²) in [6, 6.07) is 0. The van der Waals surface area contributed by atoms with Gasteiger partial charge in [-0.3, -0.25) is 9.59 Å². The smallest absolute Gasteiger partial charge is 0.303 e. The number of rotatable bonds is 8. The van der Waals surface area contributed by atoms with Crippen molar-refractivity contribution in [3.63, 3.8) is 0 Å². The Labute approximate surface area is 103 Å². The summed E-state index contributed by atoms with van der Waals surface area (Å²) in [6.45, 7) is 0. The van der Waals surface area contributed by atoms with Gasteiger partial charge in [0.1, 0.15) is 0 Å². The Kier molecular flexibility index (Phi) is 12.7. The summed E-state index contributed by atoms with van der Waals surface area (Å²) < 4.78 is 0. The van der Waals surface area contributed by atoms with Crippen LogP contribution < -0.4 is 0 Å². The minimum absolute atomic E-state index is 0. The Morgan fingerprint density at radius 3 is 1.29 bits per heavy atom. The van der Waals surface area contributed by atoms with Crippen molar-refractivity contribution in [3.05, 3.63) is 0 Å². The van der Waals surface area contributed by atoms with Gasteiger partial charge in [0.05, 0.1) is 0 Å². The van der Waals surface area contributed by atoms with E-state index in [9.17, 15) is 9.59 Å². The van der Waals surface area contributed by atoms with Gasteiger partial charge in [0.2, 0.25) is 0 Å². The number of carbonyl (C=O) groups is 2. The predicted molar refractivity (Wildman–Crippen MR) is 53.3 cm³/mol. The SMILES string of the molecule is O=C(O)CCCCCCCC(=O)O.[Bi]. The average molecular weight is 397 g/mol. The second kappa shape index (κ2) is 10.9. The fourth-order valence-corrected chi connectivity index (χ4v) is 1.08. The fraction of sp³-hybridized carbons (Fsp3) is 0.778. The maximum atomic E-state index is 10.1. The molecule has 4 nitrogen and oxygen atoms in total. The van der Waals surface area contributed by atoms with Crippen LogP contribution in [-0.4, -0.2) is 48.4 Å². The van der Waals surface area contributed by atoms with Crippen molar-refractivity contribution >= 4 is 38.1 Å². The van der Waals surface area contributed by atoms with Crippen LogP contribution in [0.15, 0.2) is 0 Å². The summed E-state index contributed by atoms with van der Waals surface area (Å²) in [5, 5.41) is 16.6. The summed E-state index contributed by atoms with van der Waals surface area (Å²) in [6.07, 6.45) is 4.53. The van der Waals surface area contributed by atoms with Crippen LogP contribution in [0.4, 0.5) is 0 Å². The zero-order valence-electron chi connectivity index (χ0n) is 8.11.